The predicted molar refractivity (Wildman–Crippen MR) is 104 cm³/mol. The van der Waals surface area contributed by atoms with E-state index in [-0.39, 0.29) is 11.5 Å². The lowest BCUT2D eigenvalue weighted by atomic mass is 9.63. The standard InChI is InChI=1S/C19H36N2O4S/c1-18(2,3)25-17(22)21-13-11-19(12-14-21,15-20(4)26(5,23)24)16-9-7-6-8-10-16/h16H,6-15H2,1-5H3. The van der Waals surface area contributed by atoms with Gasteiger partial charge in [0.1, 0.15) is 5.60 Å². The van der Waals surface area contributed by atoms with Gasteiger partial charge >= 0.3 is 6.09 Å². The minimum atomic E-state index is -3.20. The van der Waals surface area contributed by atoms with Crippen LogP contribution in [0.1, 0.15) is 65.7 Å². The SMILES string of the molecule is CN(CC1(C2CCCCC2)CCN(C(=O)OC(C)(C)C)CC1)S(C)(=O)=O. The molecule has 0 N–H and O–H groups in total. The van der Waals surface area contributed by atoms with E-state index in [2.05, 4.69) is 0 Å². The van der Waals surface area contributed by atoms with Crippen LogP contribution in [0.4, 0.5) is 4.79 Å². The highest BCUT2D eigenvalue weighted by Gasteiger charge is 2.44. The maximum Gasteiger partial charge on any atom is 0.410 e. The number of nitrogens with zero attached hydrogens (tertiary/aromatic N) is 2. The molecule has 2 rings (SSSR count). The zero-order chi connectivity index (χ0) is 19.6. The van der Waals surface area contributed by atoms with Crippen LogP contribution in [-0.4, -0.2) is 62.3 Å². The topological polar surface area (TPSA) is 66.9 Å². The second-order valence-corrected chi connectivity index (χ2v) is 11.3. The monoisotopic (exact) mass is 388 g/mol. The summed E-state index contributed by atoms with van der Waals surface area (Å²) in [6.07, 6.45) is 8.78. The zero-order valence-corrected chi connectivity index (χ0v) is 17.9. The molecule has 1 aliphatic carbocycles. The lowest BCUT2D eigenvalue weighted by molar-refractivity contribution is -0.0104. The second-order valence-electron chi connectivity index (χ2n) is 9.18. The van der Waals surface area contributed by atoms with E-state index in [1.54, 1.807) is 11.9 Å². The number of carbonyl (C=O) groups is 1. The Morgan fingerprint density at radius 1 is 1.15 bits per heavy atom. The third-order valence-corrected chi connectivity index (χ3v) is 7.25. The first kappa shape index (κ1) is 21.5. The van der Waals surface area contributed by atoms with Crippen LogP contribution >= 0.6 is 0 Å². The number of carbonyl (C=O) groups excluding carboxylic acids is 1. The van der Waals surface area contributed by atoms with Gasteiger partial charge in [-0.25, -0.2) is 17.5 Å². The van der Waals surface area contributed by atoms with Crippen molar-refractivity contribution >= 4 is 16.1 Å². The first-order chi connectivity index (χ1) is 11.9. The van der Waals surface area contributed by atoms with Crippen LogP contribution in [-0.2, 0) is 14.8 Å². The summed E-state index contributed by atoms with van der Waals surface area (Å²) < 4.78 is 31.0. The number of ether oxygens (including phenoxy) is 1. The van der Waals surface area contributed by atoms with Crippen LogP contribution in [0.25, 0.3) is 0 Å². The molecule has 152 valence electrons. The van der Waals surface area contributed by atoms with Crippen molar-refractivity contribution in [3.8, 4) is 0 Å². The molecule has 7 heteroatoms. The molecule has 0 bridgehead atoms. The van der Waals surface area contributed by atoms with Gasteiger partial charge in [0.05, 0.1) is 6.26 Å². The molecule has 6 nitrogen and oxygen atoms in total. The predicted octanol–water partition coefficient (Wildman–Crippen LogP) is 3.48. The number of rotatable bonds is 4. The van der Waals surface area contributed by atoms with E-state index in [0.717, 1.165) is 12.8 Å². The molecule has 1 heterocycles. The molecule has 0 aromatic rings. The molecule has 0 atom stereocenters. The molecular weight excluding hydrogens is 352 g/mol. The van der Waals surface area contributed by atoms with Crippen LogP contribution in [0.5, 0.6) is 0 Å². The number of likely N-dealkylation sites (tertiary alicyclic amines) is 1. The van der Waals surface area contributed by atoms with Crippen molar-refractivity contribution in [2.75, 3.05) is 32.9 Å². The van der Waals surface area contributed by atoms with Crippen molar-refractivity contribution in [2.24, 2.45) is 11.3 Å². The first-order valence-corrected chi connectivity index (χ1v) is 11.7. The third-order valence-electron chi connectivity index (χ3n) is 5.99. The minimum Gasteiger partial charge on any atom is -0.444 e. The third kappa shape index (κ3) is 5.59. The van der Waals surface area contributed by atoms with E-state index in [1.807, 2.05) is 20.8 Å². The summed E-state index contributed by atoms with van der Waals surface area (Å²) in [4.78, 5) is 14.2. The molecule has 0 spiro atoms. The molecule has 2 aliphatic rings. The highest BCUT2D eigenvalue weighted by Crippen LogP contribution is 2.46. The average molecular weight is 389 g/mol. The summed E-state index contributed by atoms with van der Waals surface area (Å²) >= 11 is 0. The van der Waals surface area contributed by atoms with E-state index in [9.17, 15) is 13.2 Å². The van der Waals surface area contributed by atoms with Crippen molar-refractivity contribution in [3.05, 3.63) is 0 Å². The number of sulfonamides is 1. The molecule has 26 heavy (non-hydrogen) atoms. The number of hydrogen-bond donors (Lipinski definition) is 0. The highest BCUT2D eigenvalue weighted by molar-refractivity contribution is 7.88. The number of amides is 1. The van der Waals surface area contributed by atoms with E-state index in [0.29, 0.717) is 25.6 Å². The average Bonchev–Trinajstić information content (AvgIpc) is 2.53. The molecule has 0 aromatic heterocycles. The summed E-state index contributed by atoms with van der Waals surface area (Å²) in [7, 11) is -1.52. The van der Waals surface area contributed by atoms with Gasteiger partial charge in [0.2, 0.25) is 10.0 Å². The Morgan fingerprint density at radius 2 is 1.69 bits per heavy atom. The van der Waals surface area contributed by atoms with E-state index < -0.39 is 15.6 Å². The van der Waals surface area contributed by atoms with Crippen LogP contribution in [0, 0.1) is 11.3 Å². The van der Waals surface area contributed by atoms with Gasteiger partial charge in [-0.3, -0.25) is 0 Å². The summed E-state index contributed by atoms with van der Waals surface area (Å²) in [5, 5.41) is 0. The molecule has 1 saturated heterocycles. The summed E-state index contributed by atoms with van der Waals surface area (Å²) in [6.45, 7) is 7.47. The largest absolute Gasteiger partial charge is 0.444 e. The fourth-order valence-corrected chi connectivity index (χ4v) is 4.92. The Balaban J connectivity index is 2.11. The van der Waals surface area contributed by atoms with Crippen LogP contribution in [0.15, 0.2) is 0 Å². The number of piperidine rings is 1. The van der Waals surface area contributed by atoms with Crippen molar-refractivity contribution in [3.63, 3.8) is 0 Å². The summed E-state index contributed by atoms with van der Waals surface area (Å²) in [6, 6.07) is 0. The second kappa shape index (κ2) is 8.05. The van der Waals surface area contributed by atoms with Crippen molar-refractivity contribution in [1.29, 1.82) is 0 Å². The van der Waals surface area contributed by atoms with Gasteiger partial charge in [-0.1, -0.05) is 19.3 Å². The van der Waals surface area contributed by atoms with Crippen molar-refractivity contribution < 1.29 is 17.9 Å². The van der Waals surface area contributed by atoms with Gasteiger partial charge in [0, 0.05) is 26.7 Å². The van der Waals surface area contributed by atoms with Gasteiger partial charge in [-0.2, -0.15) is 0 Å². The summed E-state index contributed by atoms with van der Waals surface area (Å²) in [5.41, 5.74) is -0.526. The molecule has 1 saturated carbocycles. The molecule has 2 fully saturated rings. The van der Waals surface area contributed by atoms with Gasteiger partial charge in [0.15, 0.2) is 0 Å². The quantitative estimate of drug-likeness (QED) is 0.739. The van der Waals surface area contributed by atoms with Crippen molar-refractivity contribution in [2.45, 2.75) is 71.3 Å². The maximum absolute atomic E-state index is 12.4. The molecule has 0 aromatic carbocycles. The van der Waals surface area contributed by atoms with Crippen LogP contribution < -0.4 is 0 Å². The number of hydrogen-bond acceptors (Lipinski definition) is 4. The van der Waals surface area contributed by atoms with E-state index >= 15 is 0 Å². The fourth-order valence-electron chi connectivity index (χ4n) is 4.43. The molecule has 0 radical (unpaired) electrons. The Labute approximate surface area is 159 Å². The van der Waals surface area contributed by atoms with Crippen molar-refractivity contribution in [1.82, 2.24) is 9.21 Å². The van der Waals surface area contributed by atoms with E-state index in [1.165, 1.54) is 42.7 Å². The van der Waals surface area contributed by atoms with Crippen LogP contribution in [0.2, 0.25) is 0 Å². The molecule has 1 amide bonds. The van der Waals surface area contributed by atoms with Crippen LogP contribution in [0.3, 0.4) is 0 Å². The van der Waals surface area contributed by atoms with Gasteiger partial charge in [-0.15, -0.1) is 0 Å². The molecule has 0 unspecified atom stereocenters. The Kier molecular flexibility index (Phi) is 6.65. The van der Waals surface area contributed by atoms with E-state index in [4.69, 9.17) is 4.74 Å². The Morgan fingerprint density at radius 3 is 2.15 bits per heavy atom. The lowest BCUT2D eigenvalue weighted by Crippen LogP contribution is -2.52. The maximum atomic E-state index is 12.4. The Bertz CT molecular complexity index is 583. The normalized spacial score (nSPS) is 22.5. The summed E-state index contributed by atoms with van der Waals surface area (Å²) in [5.74, 6) is 0.543. The minimum absolute atomic E-state index is 0.0310. The highest BCUT2D eigenvalue weighted by atomic mass is 32.2. The molecular formula is C19H36N2O4S. The molecule has 1 aliphatic heterocycles. The smallest absolute Gasteiger partial charge is 0.410 e. The Hall–Kier alpha value is -0.820. The van der Waals surface area contributed by atoms with Gasteiger partial charge < -0.3 is 9.64 Å². The van der Waals surface area contributed by atoms with Gasteiger partial charge in [0.25, 0.3) is 0 Å². The first-order valence-electron chi connectivity index (χ1n) is 9.82. The zero-order valence-electron chi connectivity index (χ0n) is 17.1. The van der Waals surface area contributed by atoms with Gasteiger partial charge in [-0.05, 0) is 57.8 Å². The fraction of sp³-hybridized carbons (Fsp3) is 0.947. The lowest BCUT2D eigenvalue weighted by Gasteiger charge is -2.49.